The lowest BCUT2D eigenvalue weighted by molar-refractivity contribution is 0.206. The van der Waals surface area contributed by atoms with Crippen LogP contribution in [0.15, 0.2) is 54.6 Å². The Hall–Kier alpha value is -2.82. The van der Waals surface area contributed by atoms with Gasteiger partial charge in [0.15, 0.2) is 0 Å². The minimum atomic E-state index is -0.696. The van der Waals surface area contributed by atoms with Gasteiger partial charge >= 0.3 is 6.09 Å². The molecule has 2 rings (SSSR count). The zero-order chi connectivity index (χ0) is 16.5. The smallest absolute Gasteiger partial charge is 0.418 e. The summed E-state index contributed by atoms with van der Waals surface area (Å²) >= 11 is 0. The number of hydrogen-bond donors (Lipinski definition) is 2. The molecule has 0 saturated heterocycles. The Morgan fingerprint density at radius 2 is 1.70 bits per heavy atom. The summed E-state index contributed by atoms with van der Waals surface area (Å²) in [6, 6.07) is 15.7. The van der Waals surface area contributed by atoms with Crippen molar-refractivity contribution >= 4 is 11.9 Å². The van der Waals surface area contributed by atoms with E-state index in [1.165, 1.54) is 0 Å². The van der Waals surface area contributed by atoms with Crippen molar-refractivity contribution < 1.29 is 14.3 Å². The van der Waals surface area contributed by atoms with Gasteiger partial charge in [-0.2, -0.15) is 0 Å². The predicted octanol–water partition coefficient (Wildman–Crippen LogP) is 3.98. The van der Waals surface area contributed by atoms with Crippen molar-refractivity contribution in [1.29, 1.82) is 5.41 Å². The summed E-state index contributed by atoms with van der Waals surface area (Å²) < 4.78 is 10.7. The first-order valence-corrected chi connectivity index (χ1v) is 7.54. The summed E-state index contributed by atoms with van der Waals surface area (Å²) in [6.07, 6.45) is 1.38. The van der Waals surface area contributed by atoms with E-state index in [0.717, 1.165) is 18.6 Å². The molecule has 120 valence electrons. The first-order valence-electron chi connectivity index (χ1n) is 7.54. The van der Waals surface area contributed by atoms with E-state index in [-0.39, 0.29) is 5.84 Å². The van der Waals surface area contributed by atoms with Crippen LogP contribution in [0.3, 0.4) is 0 Å². The first-order chi connectivity index (χ1) is 11.2. The highest BCUT2D eigenvalue weighted by Crippen LogP contribution is 2.18. The minimum absolute atomic E-state index is 0.00452. The second-order valence-electron chi connectivity index (χ2n) is 4.93. The lowest BCUT2D eigenvalue weighted by Crippen LogP contribution is -2.32. The number of hydrogen-bond acceptors (Lipinski definition) is 4. The maximum Gasteiger partial charge on any atom is 0.418 e. The number of carbonyl (C=O) groups is 1. The number of amides is 1. The molecular weight excluding hydrogens is 292 g/mol. The summed E-state index contributed by atoms with van der Waals surface area (Å²) in [5, 5.41) is 10.2. The molecular formula is C18H20N2O3. The average Bonchev–Trinajstić information content (AvgIpc) is 2.57. The molecule has 1 amide bonds. The zero-order valence-electron chi connectivity index (χ0n) is 13.0. The summed E-state index contributed by atoms with van der Waals surface area (Å²) in [5.74, 6) is 1.13. The van der Waals surface area contributed by atoms with Crippen molar-refractivity contribution in [3.63, 3.8) is 0 Å². The summed E-state index contributed by atoms with van der Waals surface area (Å²) in [6.45, 7) is 2.78. The third-order valence-corrected chi connectivity index (χ3v) is 3.09. The van der Waals surface area contributed by atoms with Crippen molar-refractivity contribution in [3.05, 3.63) is 60.2 Å². The predicted molar refractivity (Wildman–Crippen MR) is 89.3 cm³/mol. The van der Waals surface area contributed by atoms with E-state index in [2.05, 4.69) is 12.2 Å². The summed E-state index contributed by atoms with van der Waals surface area (Å²) in [5.41, 5.74) is 0.615. The van der Waals surface area contributed by atoms with Gasteiger partial charge in [-0.15, -0.1) is 0 Å². The van der Waals surface area contributed by atoms with Crippen LogP contribution in [-0.4, -0.2) is 18.5 Å². The SMILES string of the molecule is CCCCOc1ccc(OC(=O)NC(=N)c2ccccc2)cc1. The third kappa shape index (κ3) is 5.47. The van der Waals surface area contributed by atoms with Crippen LogP contribution in [0.4, 0.5) is 4.79 Å². The van der Waals surface area contributed by atoms with Crippen LogP contribution >= 0.6 is 0 Å². The highest BCUT2D eigenvalue weighted by molar-refractivity contribution is 6.04. The highest BCUT2D eigenvalue weighted by atomic mass is 16.6. The van der Waals surface area contributed by atoms with Gasteiger partial charge in [0.2, 0.25) is 0 Å². The molecule has 2 aromatic carbocycles. The van der Waals surface area contributed by atoms with Crippen LogP contribution < -0.4 is 14.8 Å². The minimum Gasteiger partial charge on any atom is -0.494 e. The number of ether oxygens (including phenoxy) is 2. The Kier molecular flexibility index (Phi) is 6.17. The van der Waals surface area contributed by atoms with Crippen molar-refractivity contribution in [3.8, 4) is 11.5 Å². The van der Waals surface area contributed by atoms with Crippen LogP contribution in [0.25, 0.3) is 0 Å². The number of amidine groups is 1. The Bertz CT molecular complexity index is 639. The van der Waals surface area contributed by atoms with Crippen LogP contribution in [-0.2, 0) is 0 Å². The van der Waals surface area contributed by atoms with E-state index in [1.807, 2.05) is 6.07 Å². The van der Waals surface area contributed by atoms with Gasteiger partial charge < -0.3 is 9.47 Å². The Balaban J connectivity index is 1.84. The Morgan fingerprint density at radius 3 is 2.35 bits per heavy atom. The molecule has 0 aliphatic carbocycles. The average molecular weight is 312 g/mol. The molecule has 0 aliphatic rings. The van der Waals surface area contributed by atoms with E-state index < -0.39 is 6.09 Å². The van der Waals surface area contributed by atoms with Gasteiger partial charge in [0.05, 0.1) is 6.61 Å². The van der Waals surface area contributed by atoms with Gasteiger partial charge in [-0.05, 0) is 30.7 Å². The van der Waals surface area contributed by atoms with Crippen molar-refractivity contribution in [2.45, 2.75) is 19.8 Å². The van der Waals surface area contributed by atoms with E-state index >= 15 is 0 Å². The normalized spacial score (nSPS) is 9.96. The number of nitrogens with one attached hydrogen (secondary N) is 2. The largest absolute Gasteiger partial charge is 0.494 e. The molecule has 0 spiro atoms. The fourth-order valence-electron chi connectivity index (χ4n) is 1.85. The van der Waals surface area contributed by atoms with Gasteiger partial charge in [0.25, 0.3) is 0 Å². The number of carbonyl (C=O) groups excluding carboxylic acids is 1. The molecule has 23 heavy (non-hydrogen) atoms. The standard InChI is InChI=1S/C18H20N2O3/c1-2-3-13-22-15-9-11-16(12-10-15)23-18(21)20-17(19)14-7-5-4-6-8-14/h4-12H,2-3,13H2,1H3,(H2,19,20,21). The molecule has 0 bridgehead atoms. The van der Waals surface area contributed by atoms with Crippen molar-refractivity contribution in [1.82, 2.24) is 5.32 Å². The van der Waals surface area contributed by atoms with E-state index in [4.69, 9.17) is 14.9 Å². The second kappa shape index (κ2) is 8.58. The van der Waals surface area contributed by atoms with Crippen LogP contribution in [0.5, 0.6) is 11.5 Å². The van der Waals surface area contributed by atoms with Crippen LogP contribution in [0, 0.1) is 5.41 Å². The first kappa shape index (κ1) is 16.5. The monoisotopic (exact) mass is 312 g/mol. The third-order valence-electron chi connectivity index (χ3n) is 3.09. The fraction of sp³-hybridized carbons (Fsp3) is 0.222. The zero-order valence-corrected chi connectivity index (χ0v) is 13.0. The molecule has 0 aromatic heterocycles. The molecule has 0 heterocycles. The van der Waals surface area contributed by atoms with Gasteiger partial charge in [-0.1, -0.05) is 43.7 Å². The van der Waals surface area contributed by atoms with Gasteiger partial charge in [-0.25, -0.2) is 4.79 Å². The van der Waals surface area contributed by atoms with E-state index in [0.29, 0.717) is 17.9 Å². The molecule has 0 unspecified atom stereocenters. The number of rotatable bonds is 6. The summed E-state index contributed by atoms with van der Waals surface area (Å²) in [4.78, 5) is 11.8. The number of unbranched alkanes of at least 4 members (excludes halogenated alkanes) is 1. The maximum absolute atomic E-state index is 11.8. The van der Waals surface area contributed by atoms with Crippen molar-refractivity contribution in [2.75, 3.05) is 6.61 Å². The van der Waals surface area contributed by atoms with E-state index in [9.17, 15) is 4.79 Å². The lowest BCUT2D eigenvalue weighted by atomic mass is 10.2. The highest BCUT2D eigenvalue weighted by Gasteiger charge is 2.08. The topological polar surface area (TPSA) is 71.4 Å². The maximum atomic E-state index is 11.8. The molecule has 2 aromatic rings. The molecule has 0 fully saturated rings. The molecule has 5 nitrogen and oxygen atoms in total. The second-order valence-corrected chi connectivity index (χ2v) is 4.93. The quantitative estimate of drug-likeness (QED) is 0.481. The van der Waals surface area contributed by atoms with Crippen molar-refractivity contribution in [2.24, 2.45) is 0 Å². The Labute approximate surface area is 135 Å². The van der Waals surface area contributed by atoms with E-state index in [1.54, 1.807) is 48.5 Å². The molecule has 2 N–H and O–H groups in total. The van der Waals surface area contributed by atoms with Gasteiger partial charge in [0.1, 0.15) is 17.3 Å². The van der Waals surface area contributed by atoms with Crippen LogP contribution in [0.2, 0.25) is 0 Å². The molecule has 0 aliphatic heterocycles. The number of benzene rings is 2. The molecule has 0 radical (unpaired) electrons. The fourth-order valence-corrected chi connectivity index (χ4v) is 1.85. The Morgan fingerprint density at radius 1 is 1.04 bits per heavy atom. The molecule has 0 saturated carbocycles. The summed E-state index contributed by atoms with van der Waals surface area (Å²) in [7, 11) is 0. The van der Waals surface area contributed by atoms with Gasteiger partial charge in [0, 0.05) is 5.56 Å². The molecule has 0 atom stereocenters. The van der Waals surface area contributed by atoms with Crippen LogP contribution in [0.1, 0.15) is 25.3 Å². The molecule has 5 heteroatoms. The lowest BCUT2D eigenvalue weighted by Gasteiger charge is -2.09. The van der Waals surface area contributed by atoms with Gasteiger partial charge in [-0.3, -0.25) is 10.7 Å².